The molecule has 122 valence electrons. The summed E-state index contributed by atoms with van der Waals surface area (Å²) in [6, 6.07) is 0.800. The third kappa shape index (κ3) is 2.60. The molecule has 1 aromatic rings. The summed E-state index contributed by atoms with van der Waals surface area (Å²) in [5.41, 5.74) is -1.10. The molecule has 1 N–H and O–H groups in total. The summed E-state index contributed by atoms with van der Waals surface area (Å²) < 4.78 is 38.9. The monoisotopic (exact) mass is 316 g/mol. The Morgan fingerprint density at radius 3 is 2.55 bits per heavy atom. The number of nitrogens with one attached hydrogen (secondary N) is 1. The summed E-state index contributed by atoms with van der Waals surface area (Å²) in [5.74, 6) is -0.501. The lowest BCUT2D eigenvalue weighted by atomic mass is 9.94. The van der Waals surface area contributed by atoms with Gasteiger partial charge in [-0.15, -0.1) is 0 Å². The zero-order chi connectivity index (χ0) is 16.0. The number of nitrogens with zero attached hydrogens (tertiary/aromatic N) is 3. The van der Waals surface area contributed by atoms with Crippen molar-refractivity contribution in [2.24, 2.45) is 7.05 Å². The molecule has 0 aliphatic carbocycles. The Morgan fingerprint density at radius 2 is 2.00 bits per heavy atom. The van der Waals surface area contributed by atoms with Crippen LogP contribution in [0.3, 0.4) is 0 Å². The number of aryl methyl sites for hydroxylation is 1. The maximum Gasteiger partial charge on any atom is 0.435 e. The van der Waals surface area contributed by atoms with Crippen LogP contribution in [0.1, 0.15) is 41.9 Å². The van der Waals surface area contributed by atoms with Gasteiger partial charge in [0.2, 0.25) is 0 Å². The molecule has 2 saturated heterocycles. The average molecular weight is 316 g/mol. The van der Waals surface area contributed by atoms with Crippen molar-refractivity contribution >= 4 is 5.91 Å². The van der Waals surface area contributed by atoms with Crippen LogP contribution in [0.5, 0.6) is 0 Å². The molecule has 0 aromatic carbocycles. The van der Waals surface area contributed by atoms with Gasteiger partial charge in [0.05, 0.1) is 0 Å². The number of halogens is 3. The Morgan fingerprint density at radius 1 is 1.36 bits per heavy atom. The molecule has 2 aliphatic rings. The van der Waals surface area contributed by atoms with Crippen LogP contribution in [0.2, 0.25) is 0 Å². The lowest BCUT2D eigenvalue weighted by Gasteiger charge is -2.32. The van der Waals surface area contributed by atoms with E-state index in [1.807, 2.05) is 0 Å². The van der Waals surface area contributed by atoms with Crippen LogP contribution in [0, 0.1) is 0 Å². The Bertz CT molecular complexity index is 571. The van der Waals surface area contributed by atoms with E-state index in [-0.39, 0.29) is 11.2 Å². The van der Waals surface area contributed by atoms with Crippen LogP contribution in [0.4, 0.5) is 13.2 Å². The zero-order valence-corrected chi connectivity index (χ0v) is 12.4. The normalized spacial score (nSPS) is 21.1. The van der Waals surface area contributed by atoms with Gasteiger partial charge in [0.15, 0.2) is 5.69 Å². The molecule has 5 nitrogen and oxygen atoms in total. The van der Waals surface area contributed by atoms with Gasteiger partial charge in [0.1, 0.15) is 5.69 Å². The third-order valence-electron chi connectivity index (χ3n) is 4.79. The van der Waals surface area contributed by atoms with Crippen molar-refractivity contribution in [3.8, 4) is 0 Å². The molecule has 2 aliphatic heterocycles. The van der Waals surface area contributed by atoms with Gasteiger partial charge in [-0.25, -0.2) is 0 Å². The van der Waals surface area contributed by atoms with Crippen LogP contribution in [-0.4, -0.2) is 45.8 Å². The second-order valence-corrected chi connectivity index (χ2v) is 6.14. The van der Waals surface area contributed by atoms with E-state index in [0.717, 1.165) is 49.5 Å². The minimum Gasteiger partial charge on any atom is -0.349 e. The number of alkyl halides is 3. The Labute approximate surface area is 126 Å². The first kappa shape index (κ1) is 15.3. The molecule has 3 rings (SSSR count). The molecule has 0 unspecified atom stereocenters. The second kappa shape index (κ2) is 5.26. The summed E-state index contributed by atoms with van der Waals surface area (Å²) >= 11 is 0. The van der Waals surface area contributed by atoms with Crippen LogP contribution >= 0.6 is 0 Å². The zero-order valence-electron chi connectivity index (χ0n) is 12.4. The third-order valence-corrected chi connectivity index (χ3v) is 4.79. The number of fused-ring (bicyclic) bond motifs is 1. The molecule has 3 heterocycles. The van der Waals surface area contributed by atoms with Crippen LogP contribution in [0.25, 0.3) is 0 Å². The van der Waals surface area contributed by atoms with E-state index in [4.69, 9.17) is 0 Å². The van der Waals surface area contributed by atoms with Crippen molar-refractivity contribution in [3.05, 3.63) is 17.5 Å². The quantitative estimate of drug-likeness (QED) is 0.925. The molecule has 8 heteroatoms. The van der Waals surface area contributed by atoms with E-state index in [1.54, 1.807) is 0 Å². The topological polar surface area (TPSA) is 50.2 Å². The van der Waals surface area contributed by atoms with Crippen LogP contribution in [-0.2, 0) is 13.2 Å². The van der Waals surface area contributed by atoms with Gasteiger partial charge in [-0.1, -0.05) is 0 Å². The first-order valence-corrected chi connectivity index (χ1v) is 7.46. The highest BCUT2D eigenvalue weighted by Gasteiger charge is 2.44. The van der Waals surface area contributed by atoms with Crippen molar-refractivity contribution in [1.82, 2.24) is 20.0 Å². The Balaban J connectivity index is 1.69. The van der Waals surface area contributed by atoms with Crippen molar-refractivity contribution in [2.75, 3.05) is 19.6 Å². The van der Waals surface area contributed by atoms with Crippen LogP contribution < -0.4 is 5.32 Å². The largest absolute Gasteiger partial charge is 0.435 e. The molecule has 0 bridgehead atoms. The van der Waals surface area contributed by atoms with Crippen molar-refractivity contribution < 1.29 is 18.0 Å². The minimum absolute atomic E-state index is 0.00110. The first-order chi connectivity index (χ1) is 10.3. The molecule has 0 radical (unpaired) electrons. The van der Waals surface area contributed by atoms with E-state index >= 15 is 0 Å². The highest BCUT2D eigenvalue weighted by Crippen LogP contribution is 2.38. The average Bonchev–Trinajstić information content (AvgIpc) is 3.08. The summed E-state index contributed by atoms with van der Waals surface area (Å²) in [6.45, 7) is 2.57. The number of rotatable bonds is 3. The number of hydrogen-bond donors (Lipinski definition) is 1. The highest BCUT2D eigenvalue weighted by atomic mass is 19.4. The van der Waals surface area contributed by atoms with Gasteiger partial charge >= 0.3 is 6.18 Å². The predicted octanol–water partition coefficient (Wildman–Crippen LogP) is 1.80. The molecule has 0 spiro atoms. The maximum absolute atomic E-state index is 12.6. The van der Waals surface area contributed by atoms with Gasteiger partial charge in [0, 0.05) is 25.2 Å². The Kier molecular flexibility index (Phi) is 3.66. The van der Waals surface area contributed by atoms with Crippen LogP contribution in [0.15, 0.2) is 6.07 Å². The van der Waals surface area contributed by atoms with Gasteiger partial charge in [-0.2, -0.15) is 18.3 Å². The van der Waals surface area contributed by atoms with Gasteiger partial charge in [-0.05, 0) is 38.8 Å². The van der Waals surface area contributed by atoms with Gasteiger partial charge < -0.3 is 5.32 Å². The van der Waals surface area contributed by atoms with Gasteiger partial charge in [-0.3, -0.25) is 14.4 Å². The maximum atomic E-state index is 12.6. The van der Waals surface area contributed by atoms with Crippen molar-refractivity contribution in [1.29, 1.82) is 0 Å². The van der Waals surface area contributed by atoms with Crippen molar-refractivity contribution in [3.63, 3.8) is 0 Å². The van der Waals surface area contributed by atoms with E-state index < -0.39 is 17.8 Å². The molecule has 0 saturated carbocycles. The number of aromatic nitrogens is 2. The fraction of sp³-hybridized carbons (Fsp3) is 0.714. The first-order valence-electron chi connectivity index (χ1n) is 7.46. The fourth-order valence-electron chi connectivity index (χ4n) is 3.67. The Hall–Kier alpha value is -1.57. The van der Waals surface area contributed by atoms with E-state index in [2.05, 4.69) is 15.3 Å². The molecular weight excluding hydrogens is 297 g/mol. The lowest BCUT2D eigenvalue weighted by molar-refractivity contribution is -0.141. The summed E-state index contributed by atoms with van der Waals surface area (Å²) in [5, 5.41) is 6.17. The molecular formula is C14H19F3N4O. The fourth-order valence-corrected chi connectivity index (χ4v) is 3.67. The predicted molar refractivity (Wildman–Crippen MR) is 73.3 cm³/mol. The van der Waals surface area contributed by atoms with Gasteiger partial charge in [0.25, 0.3) is 5.91 Å². The summed E-state index contributed by atoms with van der Waals surface area (Å²) in [7, 11) is 1.35. The number of amides is 1. The van der Waals surface area contributed by atoms with Crippen molar-refractivity contribution in [2.45, 2.75) is 37.4 Å². The standard InChI is InChI=1S/C14H19F3N4O/c1-20-10(8-11(19-20)14(15,16)17)12(22)18-9-13-4-2-6-21(13)7-3-5-13/h8H,2-7,9H2,1H3,(H,18,22). The number of carbonyl (C=O) groups is 1. The molecule has 1 amide bonds. The molecule has 1 aromatic heterocycles. The smallest absolute Gasteiger partial charge is 0.349 e. The minimum atomic E-state index is -4.54. The van der Waals surface area contributed by atoms with E-state index in [1.165, 1.54) is 7.05 Å². The second-order valence-electron chi connectivity index (χ2n) is 6.14. The SMILES string of the molecule is Cn1nc(C(F)(F)F)cc1C(=O)NCC12CCCN1CCC2. The van der Waals surface area contributed by atoms with E-state index in [0.29, 0.717) is 6.54 Å². The number of carbonyl (C=O) groups excluding carboxylic acids is 1. The van der Waals surface area contributed by atoms with E-state index in [9.17, 15) is 18.0 Å². The molecule has 0 atom stereocenters. The molecule has 22 heavy (non-hydrogen) atoms. The summed E-state index contributed by atoms with van der Waals surface area (Å²) in [4.78, 5) is 14.6. The molecule has 2 fully saturated rings. The summed E-state index contributed by atoms with van der Waals surface area (Å²) in [6.07, 6.45) is -0.249. The lowest BCUT2D eigenvalue weighted by Crippen LogP contribution is -2.48. The highest BCUT2D eigenvalue weighted by molar-refractivity contribution is 5.92. The number of hydrogen-bond acceptors (Lipinski definition) is 3.